The highest BCUT2D eigenvalue weighted by Gasteiger charge is 2.06. The summed E-state index contributed by atoms with van der Waals surface area (Å²) in [6.45, 7) is 1.86. The first-order chi connectivity index (χ1) is 9.63. The van der Waals surface area contributed by atoms with Crippen LogP contribution in [0.1, 0.15) is 5.56 Å². The van der Waals surface area contributed by atoms with Crippen LogP contribution in [0.15, 0.2) is 54.9 Å². The lowest BCUT2D eigenvalue weighted by Crippen LogP contribution is -1.97. The highest BCUT2D eigenvalue weighted by Crippen LogP contribution is 2.24. The summed E-state index contributed by atoms with van der Waals surface area (Å²) in [4.78, 5) is 0. The molecular weight excluding hydrogens is 275 g/mol. The van der Waals surface area contributed by atoms with Crippen LogP contribution in [-0.4, -0.2) is 9.78 Å². The molecule has 2 nitrogen and oxygen atoms in total. The van der Waals surface area contributed by atoms with Crippen molar-refractivity contribution in [1.82, 2.24) is 9.78 Å². The fourth-order valence-electron chi connectivity index (χ4n) is 2.15. The van der Waals surface area contributed by atoms with Gasteiger partial charge in [-0.15, -0.1) is 0 Å². The van der Waals surface area contributed by atoms with E-state index in [4.69, 9.17) is 11.6 Å². The van der Waals surface area contributed by atoms with Gasteiger partial charge in [0, 0.05) is 16.8 Å². The van der Waals surface area contributed by atoms with Crippen LogP contribution in [0.4, 0.5) is 4.39 Å². The van der Waals surface area contributed by atoms with E-state index >= 15 is 0 Å². The summed E-state index contributed by atoms with van der Waals surface area (Å²) in [6, 6.07) is 12.3. The van der Waals surface area contributed by atoms with E-state index in [9.17, 15) is 4.39 Å². The van der Waals surface area contributed by atoms with Crippen LogP contribution in [0.25, 0.3) is 16.8 Å². The maximum absolute atomic E-state index is 13.1. The molecule has 0 fully saturated rings. The van der Waals surface area contributed by atoms with Gasteiger partial charge in [0.15, 0.2) is 0 Å². The monoisotopic (exact) mass is 286 g/mol. The van der Waals surface area contributed by atoms with E-state index in [1.807, 2.05) is 37.4 Å². The Labute approximate surface area is 121 Å². The molecule has 1 aromatic heterocycles. The lowest BCUT2D eigenvalue weighted by Gasteiger charge is -2.05. The molecule has 0 radical (unpaired) electrons. The normalized spacial score (nSPS) is 10.8. The quantitative estimate of drug-likeness (QED) is 0.671. The second-order valence-electron chi connectivity index (χ2n) is 4.61. The zero-order valence-electron chi connectivity index (χ0n) is 10.8. The number of hydrogen-bond donors (Lipinski definition) is 0. The number of benzene rings is 2. The van der Waals surface area contributed by atoms with E-state index in [2.05, 4.69) is 5.10 Å². The maximum Gasteiger partial charge on any atom is 0.123 e. The van der Waals surface area contributed by atoms with Crippen LogP contribution < -0.4 is 0 Å². The van der Waals surface area contributed by atoms with Gasteiger partial charge in [0.1, 0.15) is 5.82 Å². The van der Waals surface area contributed by atoms with E-state index in [1.165, 1.54) is 12.1 Å². The zero-order chi connectivity index (χ0) is 14.1. The van der Waals surface area contributed by atoms with Crippen molar-refractivity contribution in [1.29, 1.82) is 0 Å². The highest BCUT2D eigenvalue weighted by molar-refractivity contribution is 6.30. The molecule has 0 aliphatic carbocycles. The molecule has 0 saturated heterocycles. The van der Waals surface area contributed by atoms with Crippen molar-refractivity contribution in [3.8, 4) is 16.8 Å². The summed E-state index contributed by atoms with van der Waals surface area (Å²) >= 11 is 5.99. The van der Waals surface area contributed by atoms with E-state index in [1.54, 1.807) is 16.9 Å². The van der Waals surface area contributed by atoms with Gasteiger partial charge in [-0.1, -0.05) is 23.7 Å². The van der Waals surface area contributed by atoms with Crippen molar-refractivity contribution in [3.63, 3.8) is 0 Å². The van der Waals surface area contributed by atoms with Crippen molar-refractivity contribution in [3.05, 3.63) is 71.3 Å². The van der Waals surface area contributed by atoms with Gasteiger partial charge in [0.25, 0.3) is 0 Å². The molecule has 4 heteroatoms. The van der Waals surface area contributed by atoms with Crippen LogP contribution in [0.3, 0.4) is 0 Å². The summed E-state index contributed by atoms with van der Waals surface area (Å²) in [6.07, 6.45) is 3.68. The van der Waals surface area contributed by atoms with Crippen molar-refractivity contribution in [2.45, 2.75) is 6.92 Å². The second kappa shape index (κ2) is 5.10. The Hall–Kier alpha value is -2.13. The van der Waals surface area contributed by atoms with Gasteiger partial charge in [0.2, 0.25) is 0 Å². The first-order valence-corrected chi connectivity index (χ1v) is 6.58. The summed E-state index contributed by atoms with van der Waals surface area (Å²) in [5, 5.41) is 5.02. The molecule has 0 amide bonds. The largest absolute Gasteiger partial charge is 0.240 e. The number of halogens is 2. The Kier molecular flexibility index (Phi) is 3.28. The summed E-state index contributed by atoms with van der Waals surface area (Å²) in [7, 11) is 0. The van der Waals surface area contributed by atoms with Gasteiger partial charge in [-0.05, 0) is 48.4 Å². The van der Waals surface area contributed by atoms with Gasteiger partial charge in [-0.3, -0.25) is 0 Å². The highest BCUT2D eigenvalue weighted by atomic mass is 35.5. The first kappa shape index (κ1) is 12.9. The van der Waals surface area contributed by atoms with E-state index in [0.717, 1.165) is 22.4 Å². The van der Waals surface area contributed by atoms with Crippen LogP contribution in [-0.2, 0) is 0 Å². The third-order valence-corrected chi connectivity index (χ3v) is 3.38. The average Bonchev–Trinajstić information content (AvgIpc) is 2.88. The Bertz CT molecular complexity index is 765. The van der Waals surface area contributed by atoms with Crippen molar-refractivity contribution in [2.24, 2.45) is 0 Å². The molecule has 0 bridgehead atoms. The summed E-state index contributed by atoms with van der Waals surface area (Å²) in [5.41, 5.74) is 3.67. The molecule has 0 unspecified atom stereocenters. The Balaban J connectivity index is 2.02. The number of rotatable bonds is 2. The fraction of sp³-hybridized carbons (Fsp3) is 0.0625. The van der Waals surface area contributed by atoms with E-state index in [0.29, 0.717) is 5.02 Å². The number of nitrogens with zero attached hydrogens (tertiary/aromatic N) is 2. The zero-order valence-corrected chi connectivity index (χ0v) is 11.6. The van der Waals surface area contributed by atoms with Crippen molar-refractivity contribution < 1.29 is 4.39 Å². The molecule has 0 spiro atoms. The lowest BCUT2D eigenvalue weighted by molar-refractivity contribution is 0.625. The van der Waals surface area contributed by atoms with Gasteiger partial charge in [0.05, 0.1) is 11.9 Å². The molecule has 0 atom stereocenters. The van der Waals surface area contributed by atoms with Crippen LogP contribution >= 0.6 is 11.6 Å². The SMILES string of the molecule is Cc1cc(F)ccc1-n1cc(-c2cccc(Cl)c2)cn1. The van der Waals surface area contributed by atoms with Gasteiger partial charge in [-0.2, -0.15) is 5.10 Å². The third-order valence-electron chi connectivity index (χ3n) is 3.15. The Morgan fingerprint density at radius 2 is 1.95 bits per heavy atom. The first-order valence-electron chi connectivity index (χ1n) is 6.20. The molecule has 0 N–H and O–H groups in total. The minimum absolute atomic E-state index is 0.242. The molecule has 0 aliphatic heterocycles. The lowest BCUT2D eigenvalue weighted by atomic mass is 10.1. The topological polar surface area (TPSA) is 17.8 Å². The Morgan fingerprint density at radius 1 is 1.10 bits per heavy atom. The summed E-state index contributed by atoms with van der Waals surface area (Å²) < 4.78 is 14.9. The molecule has 0 saturated carbocycles. The molecule has 3 aromatic rings. The molecule has 2 aromatic carbocycles. The minimum atomic E-state index is -0.242. The van der Waals surface area contributed by atoms with Gasteiger partial charge >= 0.3 is 0 Å². The minimum Gasteiger partial charge on any atom is -0.240 e. The third kappa shape index (κ3) is 2.45. The van der Waals surface area contributed by atoms with Crippen LogP contribution in [0, 0.1) is 12.7 Å². The predicted molar refractivity (Wildman–Crippen MR) is 78.7 cm³/mol. The standard InChI is InChI=1S/C16H12ClFN2/c1-11-7-15(18)5-6-16(11)20-10-13(9-19-20)12-3-2-4-14(17)8-12/h2-10H,1H3. The number of aryl methyl sites for hydroxylation is 1. The molecule has 3 rings (SSSR count). The smallest absolute Gasteiger partial charge is 0.123 e. The van der Waals surface area contributed by atoms with E-state index < -0.39 is 0 Å². The maximum atomic E-state index is 13.1. The summed E-state index contributed by atoms with van der Waals surface area (Å²) in [5.74, 6) is -0.242. The van der Waals surface area contributed by atoms with Gasteiger partial charge in [-0.25, -0.2) is 9.07 Å². The predicted octanol–water partition coefficient (Wildman–Crippen LogP) is 4.64. The van der Waals surface area contributed by atoms with Crippen molar-refractivity contribution in [2.75, 3.05) is 0 Å². The van der Waals surface area contributed by atoms with Gasteiger partial charge < -0.3 is 0 Å². The molecule has 20 heavy (non-hydrogen) atoms. The molecule has 0 aliphatic rings. The second-order valence-corrected chi connectivity index (χ2v) is 5.05. The molecule has 1 heterocycles. The number of aromatic nitrogens is 2. The van der Waals surface area contributed by atoms with Crippen LogP contribution in [0.5, 0.6) is 0 Å². The number of hydrogen-bond acceptors (Lipinski definition) is 1. The van der Waals surface area contributed by atoms with Crippen LogP contribution in [0.2, 0.25) is 5.02 Å². The van der Waals surface area contributed by atoms with E-state index in [-0.39, 0.29) is 5.82 Å². The van der Waals surface area contributed by atoms with Crippen molar-refractivity contribution >= 4 is 11.6 Å². The molecular formula is C16H12ClFN2. The average molecular weight is 287 g/mol. The Morgan fingerprint density at radius 3 is 2.70 bits per heavy atom. The fourth-order valence-corrected chi connectivity index (χ4v) is 2.34. The molecule has 100 valence electrons.